The van der Waals surface area contributed by atoms with Gasteiger partial charge in [0.1, 0.15) is 4.21 Å². The molecule has 0 spiro atoms. The highest BCUT2D eigenvalue weighted by molar-refractivity contribution is 7.94. The standard InChI is InChI=1S/C14H14ClNO2S2/c15-9-7-12-5-6-14(19-12)20(17,18)16-10-8-11-3-1-2-4-13(11)16/h1-6H,7-10H2. The van der Waals surface area contributed by atoms with Gasteiger partial charge >= 0.3 is 0 Å². The fourth-order valence-corrected chi connectivity index (χ4v) is 5.68. The van der Waals surface area contributed by atoms with E-state index in [9.17, 15) is 8.42 Å². The SMILES string of the molecule is O=S(=O)(c1ccc(CCCl)s1)N1CCc2ccccc21. The predicted octanol–water partition coefficient (Wildman–Crippen LogP) is 3.28. The molecule has 20 heavy (non-hydrogen) atoms. The van der Waals surface area contributed by atoms with E-state index in [1.54, 1.807) is 6.07 Å². The van der Waals surface area contributed by atoms with Gasteiger partial charge in [-0.15, -0.1) is 22.9 Å². The molecule has 6 heteroatoms. The second-order valence-corrected chi connectivity index (χ2v) is 8.25. The van der Waals surface area contributed by atoms with Gasteiger partial charge in [0.25, 0.3) is 10.0 Å². The van der Waals surface area contributed by atoms with Crippen LogP contribution in [-0.4, -0.2) is 20.8 Å². The number of fused-ring (bicyclic) bond motifs is 1. The maximum Gasteiger partial charge on any atom is 0.273 e. The van der Waals surface area contributed by atoms with Crippen LogP contribution in [0.5, 0.6) is 0 Å². The average molecular weight is 328 g/mol. The zero-order valence-electron chi connectivity index (χ0n) is 10.8. The Labute approximate surface area is 127 Å². The molecular weight excluding hydrogens is 314 g/mol. The van der Waals surface area contributed by atoms with Gasteiger partial charge in [-0.25, -0.2) is 8.42 Å². The number of anilines is 1. The lowest BCUT2D eigenvalue weighted by molar-refractivity contribution is 0.594. The van der Waals surface area contributed by atoms with Crippen molar-refractivity contribution in [1.29, 1.82) is 0 Å². The van der Waals surface area contributed by atoms with E-state index in [4.69, 9.17) is 11.6 Å². The van der Waals surface area contributed by atoms with Crippen LogP contribution in [0.1, 0.15) is 10.4 Å². The maximum atomic E-state index is 12.7. The summed E-state index contributed by atoms with van der Waals surface area (Å²) in [5, 5.41) is 0. The van der Waals surface area contributed by atoms with Crippen LogP contribution in [0, 0.1) is 0 Å². The van der Waals surface area contributed by atoms with Crippen molar-refractivity contribution in [3.05, 3.63) is 46.8 Å². The number of halogens is 1. The van der Waals surface area contributed by atoms with Gasteiger partial charge in [-0.1, -0.05) is 18.2 Å². The van der Waals surface area contributed by atoms with E-state index in [-0.39, 0.29) is 0 Å². The van der Waals surface area contributed by atoms with Gasteiger partial charge < -0.3 is 0 Å². The summed E-state index contributed by atoms with van der Waals surface area (Å²) >= 11 is 7.01. The molecule has 1 aliphatic rings. The van der Waals surface area contributed by atoms with E-state index in [1.807, 2.05) is 30.3 Å². The van der Waals surface area contributed by atoms with Crippen molar-refractivity contribution < 1.29 is 8.42 Å². The Kier molecular flexibility index (Phi) is 3.75. The third-order valence-electron chi connectivity index (χ3n) is 3.37. The molecule has 0 fully saturated rings. The lowest BCUT2D eigenvalue weighted by atomic mass is 10.2. The highest BCUT2D eigenvalue weighted by Crippen LogP contribution is 2.34. The molecule has 0 N–H and O–H groups in total. The number of rotatable bonds is 4. The summed E-state index contributed by atoms with van der Waals surface area (Å²) in [6, 6.07) is 11.2. The summed E-state index contributed by atoms with van der Waals surface area (Å²) in [7, 11) is -3.44. The minimum atomic E-state index is -3.44. The molecule has 2 heterocycles. The van der Waals surface area contributed by atoms with Crippen molar-refractivity contribution in [1.82, 2.24) is 0 Å². The van der Waals surface area contributed by atoms with E-state index in [1.165, 1.54) is 15.6 Å². The summed E-state index contributed by atoms with van der Waals surface area (Å²) in [5.41, 5.74) is 1.90. The number of thiophene rings is 1. The number of para-hydroxylation sites is 1. The zero-order valence-corrected chi connectivity index (χ0v) is 13.1. The molecule has 0 saturated heterocycles. The third kappa shape index (κ3) is 2.34. The molecule has 0 unspecified atom stereocenters. The van der Waals surface area contributed by atoms with Gasteiger partial charge in [-0.3, -0.25) is 4.31 Å². The molecule has 0 radical (unpaired) electrons. The topological polar surface area (TPSA) is 37.4 Å². The zero-order chi connectivity index (χ0) is 14.2. The first kappa shape index (κ1) is 13.9. The Morgan fingerprint density at radius 2 is 2.00 bits per heavy atom. The van der Waals surface area contributed by atoms with Crippen LogP contribution >= 0.6 is 22.9 Å². The molecule has 3 nitrogen and oxygen atoms in total. The molecule has 0 amide bonds. The minimum Gasteiger partial charge on any atom is -0.265 e. The Balaban J connectivity index is 1.96. The molecule has 3 rings (SSSR count). The number of aryl methyl sites for hydroxylation is 1. The van der Waals surface area contributed by atoms with Gasteiger partial charge in [0.2, 0.25) is 0 Å². The summed E-state index contributed by atoms with van der Waals surface area (Å²) in [5.74, 6) is 0.506. The first-order valence-electron chi connectivity index (χ1n) is 6.38. The minimum absolute atomic E-state index is 0.398. The first-order valence-corrected chi connectivity index (χ1v) is 9.17. The van der Waals surface area contributed by atoms with Crippen LogP contribution in [0.25, 0.3) is 0 Å². The van der Waals surface area contributed by atoms with Crippen molar-refractivity contribution in [3.63, 3.8) is 0 Å². The molecule has 2 aromatic rings. The van der Waals surface area contributed by atoms with Crippen molar-refractivity contribution in [2.45, 2.75) is 17.1 Å². The van der Waals surface area contributed by atoms with Crippen molar-refractivity contribution in [2.75, 3.05) is 16.7 Å². The third-order valence-corrected chi connectivity index (χ3v) is 6.98. The second-order valence-electron chi connectivity index (χ2n) is 4.62. The van der Waals surface area contributed by atoms with Crippen LogP contribution in [0.15, 0.2) is 40.6 Å². The summed E-state index contributed by atoms with van der Waals surface area (Å²) in [6.07, 6.45) is 1.48. The van der Waals surface area contributed by atoms with Crippen LogP contribution in [0.4, 0.5) is 5.69 Å². The van der Waals surface area contributed by atoms with Crippen molar-refractivity contribution in [3.8, 4) is 0 Å². The Morgan fingerprint density at radius 1 is 1.20 bits per heavy atom. The predicted molar refractivity (Wildman–Crippen MR) is 83.4 cm³/mol. The number of hydrogen-bond acceptors (Lipinski definition) is 3. The average Bonchev–Trinajstić information content (AvgIpc) is 3.05. The van der Waals surface area contributed by atoms with Crippen LogP contribution in [0.3, 0.4) is 0 Å². The van der Waals surface area contributed by atoms with Gasteiger partial charge in [-0.05, 0) is 36.6 Å². The van der Waals surface area contributed by atoms with E-state index in [0.29, 0.717) is 23.1 Å². The number of hydrogen-bond donors (Lipinski definition) is 0. The van der Waals surface area contributed by atoms with Crippen molar-refractivity contribution in [2.24, 2.45) is 0 Å². The summed E-state index contributed by atoms with van der Waals surface area (Å²) in [4.78, 5) is 1.01. The van der Waals surface area contributed by atoms with Gasteiger partial charge in [0.15, 0.2) is 0 Å². The lowest BCUT2D eigenvalue weighted by Crippen LogP contribution is -2.28. The fourth-order valence-electron chi connectivity index (χ4n) is 2.39. The van der Waals surface area contributed by atoms with E-state index in [2.05, 4.69) is 0 Å². The van der Waals surface area contributed by atoms with E-state index in [0.717, 1.165) is 22.5 Å². The molecule has 0 saturated carbocycles. The fraction of sp³-hybridized carbons (Fsp3) is 0.286. The van der Waals surface area contributed by atoms with Gasteiger partial charge in [0.05, 0.1) is 5.69 Å². The lowest BCUT2D eigenvalue weighted by Gasteiger charge is -2.18. The molecule has 1 aliphatic heterocycles. The van der Waals surface area contributed by atoms with Crippen LogP contribution in [0.2, 0.25) is 0 Å². The molecular formula is C14H14ClNO2S2. The number of alkyl halides is 1. The number of nitrogens with zero attached hydrogens (tertiary/aromatic N) is 1. The normalized spacial score (nSPS) is 14.6. The smallest absolute Gasteiger partial charge is 0.265 e. The van der Waals surface area contributed by atoms with E-state index >= 15 is 0 Å². The van der Waals surface area contributed by atoms with Gasteiger partial charge in [-0.2, -0.15) is 0 Å². The first-order chi connectivity index (χ1) is 9.63. The monoisotopic (exact) mass is 327 g/mol. The van der Waals surface area contributed by atoms with Crippen LogP contribution in [-0.2, 0) is 22.9 Å². The summed E-state index contributed by atoms with van der Waals surface area (Å²) in [6.45, 7) is 0.518. The number of benzene rings is 1. The molecule has 1 aromatic heterocycles. The Bertz CT molecular complexity index is 724. The Morgan fingerprint density at radius 3 is 2.80 bits per heavy atom. The molecule has 106 valence electrons. The summed E-state index contributed by atoms with van der Waals surface area (Å²) < 4.78 is 27.3. The van der Waals surface area contributed by atoms with Crippen molar-refractivity contribution >= 4 is 38.6 Å². The molecule has 0 aliphatic carbocycles. The largest absolute Gasteiger partial charge is 0.273 e. The molecule has 1 aromatic carbocycles. The highest BCUT2D eigenvalue weighted by Gasteiger charge is 2.31. The van der Waals surface area contributed by atoms with Crippen LogP contribution < -0.4 is 4.31 Å². The van der Waals surface area contributed by atoms with Gasteiger partial charge in [0, 0.05) is 17.3 Å². The van der Waals surface area contributed by atoms with E-state index < -0.39 is 10.0 Å². The quantitative estimate of drug-likeness (QED) is 0.808. The molecule has 0 bridgehead atoms. The Hall–Kier alpha value is -1.04. The maximum absolute atomic E-state index is 12.7. The highest BCUT2D eigenvalue weighted by atomic mass is 35.5. The molecule has 0 atom stereocenters. The second kappa shape index (κ2) is 5.39. The number of sulfonamides is 1.